The molecule has 3 fully saturated rings. The Morgan fingerprint density at radius 2 is 1.50 bits per heavy atom. The Balaban J connectivity index is 1.07. The van der Waals surface area contributed by atoms with Crippen molar-refractivity contribution < 1.29 is 9.59 Å². The molecular formula is C28H30N6O2. The number of H-pyrrole nitrogens is 1. The number of benzene rings is 2. The number of hydrogen-bond acceptors (Lipinski definition) is 4. The first kappa shape index (κ1) is 21.6. The van der Waals surface area contributed by atoms with Gasteiger partial charge in [0, 0.05) is 49.2 Å². The van der Waals surface area contributed by atoms with Crippen LogP contribution in [-0.2, 0) is 6.54 Å². The third kappa shape index (κ3) is 3.20. The SMILES string of the molecule is CC(C)Cn1c(C(=O)N2C[C@@H]3[C@H]4CN(C(=O)c5ccc6n[nH]nc6c5)C[C@H]4[C@@H]3C2)cc2ccccc21. The molecule has 2 aromatic heterocycles. The highest BCUT2D eigenvalue weighted by atomic mass is 16.2. The van der Waals surface area contributed by atoms with E-state index in [1.54, 1.807) is 0 Å². The lowest BCUT2D eigenvalue weighted by atomic mass is 9.60. The summed E-state index contributed by atoms with van der Waals surface area (Å²) in [7, 11) is 0. The molecule has 7 rings (SSSR count). The summed E-state index contributed by atoms with van der Waals surface area (Å²) in [5.41, 5.74) is 4.07. The molecule has 0 spiro atoms. The Labute approximate surface area is 209 Å². The minimum Gasteiger partial charge on any atom is -0.338 e. The van der Waals surface area contributed by atoms with E-state index < -0.39 is 0 Å². The minimum absolute atomic E-state index is 0.0681. The molecule has 184 valence electrons. The lowest BCUT2D eigenvalue weighted by molar-refractivity contribution is 0.0629. The molecule has 2 amide bonds. The highest BCUT2D eigenvalue weighted by molar-refractivity contribution is 5.99. The maximum absolute atomic E-state index is 13.7. The van der Waals surface area contributed by atoms with Crippen LogP contribution in [-0.4, -0.2) is 67.8 Å². The fourth-order valence-corrected chi connectivity index (χ4v) is 6.97. The van der Waals surface area contributed by atoms with Crippen LogP contribution < -0.4 is 0 Å². The summed E-state index contributed by atoms with van der Waals surface area (Å²) in [5.74, 6) is 2.60. The topological polar surface area (TPSA) is 87.1 Å². The van der Waals surface area contributed by atoms with Gasteiger partial charge in [-0.15, -0.1) is 0 Å². The number of para-hydroxylation sites is 1. The highest BCUT2D eigenvalue weighted by Gasteiger charge is 2.59. The third-order valence-corrected chi connectivity index (χ3v) is 8.64. The van der Waals surface area contributed by atoms with Crippen LogP contribution in [0.1, 0.15) is 34.7 Å². The predicted octanol–water partition coefficient (Wildman–Crippen LogP) is 3.66. The Morgan fingerprint density at radius 1 is 0.861 bits per heavy atom. The van der Waals surface area contributed by atoms with Crippen molar-refractivity contribution in [2.24, 2.45) is 29.6 Å². The second-order valence-corrected chi connectivity index (χ2v) is 11.2. The lowest BCUT2D eigenvalue weighted by Gasteiger charge is -2.42. The zero-order chi connectivity index (χ0) is 24.6. The van der Waals surface area contributed by atoms with Gasteiger partial charge in [0.2, 0.25) is 0 Å². The van der Waals surface area contributed by atoms with Crippen LogP contribution in [0.2, 0.25) is 0 Å². The molecule has 4 aromatic rings. The maximum atomic E-state index is 13.7. The van der Waals surface area contributed by atoms with Crippen molar-refractivity contribution in [3.8, 4) is 0 Å². The molecule has 3 aliphatic rings. The number of amides is 2. The van der Waals surface area contributed by atoms with Gasteiger partial charge in [-0.3, -0.25) is 9.59 Å². The van der Waals surface area contributed by atoms with Gasteiger partial charge < -0.3 is 14.4 Å². The highest BCUT2D eigenvalue weighted by Crippen LogP contribution is 2.54. The molecule has 0 radical (unpaired) electrons. The molecule has 1 saturated carbocycles. The van der Waals surface area contributed by atoms with Crippen molar-refractivity contribution in [2.75, 3.05) is 26.2 Å². The van der Waals surface area contributed by atoms with Crippen molar-refractivity contribution in [3.05, 3.63) is 59.8 Å². The van der Waals surface area contributed by atoms with Gasteiger partial charge in [0.05, 0.1) is 0 Å². The summed E-state index contributed by atoms with van der Waals surface area (Å²) >= 11 is 0. The molecule has 0 unspecified atom stereocenters. The molecule has 36 heavy (non-hydrogen) atoms. The fraction of sp³-hybridized carbons (Fsp3) is 0.429. The summed E-state index contributed by atoms with van der Waals surface area (Å²) in [5, 5.41) is 11.9. The van der Waals surface area contributed by atoms with Crippen molar-refractivity contribution in [1.82, 2.24) is 29.8 Å². The summed E-state index contributed by atoms with van der Waals surface area (Å²) < 4.78 is 2.20. The van der Waals surface area contributed by atoms with Gasteiger partial charge in [-0.05, 0) is 59.9 Å². The fourth-order valence-electron chi connectivity index (χ4n) is 6.97. The van der Waals surface area contributed by atoms with Crippen LogP contribution in [0.25, 0.3) is 21.9 Å². The standard InChI is InChI=1S/C28H30N6O2/c1-16(2)11-34-25-6-4-3-5-17(25)10-26(34)28(36)33-14-21-19-12-32(13-20(19)22(21)15-33)27(35)18-7-8-23-24(9-18)30-31-29-23/h3-10,16,19-22H,11-15H2,1-2H3,(H,29,30,31)/t19-,20+,21+,22-. The van der Waals surface area contributed by atoms with Gasteiger partial charge in [0.15, 0.2) is 0 Å². The quantitative estimate of drug-likeness (QED) is 0.481. The summed E-state index contributed by atoms with van der Waals surface area (Å²) in [6, 6.07) is 15.8. The van der Waals surface area contributed by atoms with Crippen LogP contribution in [0.15, 0.2) is 48.5 Å². The number of rotatable bonds is 4. The van der Waals surface area contributed by atoms with Crippen molar-refractivity contribution >= 4 is 33.8 Å². The van der Waals surface area contributed by atoms with Crippen molar-refractivity contribution in [1.29, 1.82) is 0 Å². The van der Waals surface area contributed by atoms with Gasteiger partial charge >= 0.3 is 0 Å². The summed E-state index contributed by atoms with van der Waals surface area (Å²) in [4.78, 5) is 31.0. The average molecular weight is 483 g/mol. The smallest absolute Gasteiger partial charge is 0.270 e. The van der Waals surface area contributed by atoms with Crippen LogP contribution >= 0.6 is 0 Å². The Kier molecular flexibility index (Phi) is 4.75. The van der Waals surface area contributed by atoms with E-state index in [2.05, 4.69) is 56.9 Å². The van der Waals surface area contributed by atoms with E-state index in [1.165, 1.54) is 0 Å². The lowest BCUT2D eigenvalue weighted by Crippen LogP contribution is -2.44. The Bertz CT molecular complexity index is 1480. The number of aromatic nitrogens is 4. The zero-order valence-electron chi connectivity index (χ0n) is 20.6. The zero-order valence-corrected chi connectivity index (χ0v) is 20.6. The molecule has 2 saturated heterocycles. The van der Waals surface area contributed by atoms with E-state index in [0.717, 1.165) is 54.8 Å². The first-order valence-corrected chi connectivity index (χ1v) is 13.0. The largest absolute Gasteiger partial charge is 0.338 e. The number of likely N-dealkylation sites (tertiary alicyclic amines) is 2. The predicted molar refractivity (Wildman–Crippen MR) is 136 cm³/mol. The van der Waals surface area contributed by atoms with E-state index in [4.69, 9.17) is 0 Å². The second-order valence-electron chi connectivity index (χ2n) is 11.2. The first-order valence-electron chi connectivity index (χ1n) is 13.0. The molecule has 4 atom stereocenters. The van der Waals surface area contributed by atoms with E-state index in [-0.39, 0.29) is 11.8 Å². The van der Waals surface area contributed by atoms with E-state index in [9.17, 15) is 9.59 Å². The van der Waals surface area contributed by atoms with Crippen LogP contribution in [0.5, 0.6) is 0 Å². The molecule has 4 heterocycles. The second kappa shape index (κ2) is 7.91. The molecule has 2 aliphatic heterocycles. The molecule has 8 heteroatoms. The van der Waals surface area contributed by atoms with Crippen LogP contribution in [0.4, 0.5) is 0 Å². The molecule has 8 nitrogen and oxygen atoms in total. The first-order chi connectivity index (χ1) is 17.5. The van der Waals surface area contributed by atoms with Crippen LogP contribution in [0.3, 0.4) is 0 Å². The molecule has 1 aliphatic carbocycles. The minimum atomic E-state index is 0.0681. The number of hydrogen-bond donors (Lipinski definition) is 1. The van der Waals surface area contributed by atoms with Gasteiger partial charge in [0.25, 0.3) is 11.8 Å². The Hall–Kier alpha value is -3.68. The maximum Gasteiger partial charge on any atom is 0.270 e. The number of carbonyl (C=O) groups is 2. The molecule has 2 aromatic carbocycles. The Morgan fingerprint density at radius 3 is 2.19 bits per heavy atom. The summed E-state index contributed by atoms with van der Waals surface area (Å²) in [6.45, 7) is 8.35. The number of carbonyl (C=O) groups excluding carboxylic acids is 2. The third-order valence-electron chi connectivity index (χ3n) is 8.64. The molecular weight excluding hydrogens is 452 g/mol. The average Bonchev–Trinajstić information content (AvgIpc) is 3.64. The monoisotopic (exact) mass is 482 g/mol. The van der Waals surface area contributed by atoms with Gasteiger partial charge in [0.1, 0.15) is 16.7 Å². The van der Waals surface area contributed by atoms with Crippen molar-refractivity contribution in [2.45, 2.75) is 20.4 Å². The van der Waals surface area contributed by atoms with Gasteiger partial charge in [-0.25, -0.2) is 0 Å². The van der Waals surface area contributed by atoms with Crippen LogP contribution in [0, 0.1) is 29.6 Å². The van der Waals surface area contributed by atoms with Gasteiger partial charge in [-0.1, -0.05) is 32.0 Å². The number of aromatic amines is 1. The molecule has 1 N–H and O–H groups in total. The van der Waals surface area contributed by atoms with E-state index in [0.29, 0.717) is 40.7 Å². The number of nitrogens with zero attached hydrogens (tertiary/aromatic N) is 5. The number of nitrogens with one attached hydrogen (secondary N) is 1. The normalized spacial score (nSPS) is 25.0. The van der Waals surface area contributed by atoms with E-state index in [1.807, 2.05) is 35.2 Å². The number of fused-ring (bicyclic) bond motifs is 6. The van der Waals surface area contributed by atoms with Gasteiger partial charge in [-0.2, -0.15) is 15.4 Å². The molecule has 0 bridgehead atoms. The van der Waals surface area contributed by atoms with Crippen molar-refractivity contribution in [3.63, 3.8) is 0 Å². The summed E-state index contributed by atoms with van der Waals surface area (Å²) in [6.07, 6.45) is 0. The van der Waals surface area contributed by atoms with E-state index >= 15 is 0 Å².